The quantitative estimate of drug-likeness (QED) is 0.121. The van der Waals surface area contributed by atoms with Gasteiger partial charge in [-0.1, -0.05) is 0 Å². The predicted octanol–water partition coefficient (Wildman–Crippen LogP) is -3.64. The van der Waals surface area contributed by atoms with Crippen LogP contribution in [0.25, 0.3) is 0 Å². The molecule has 1 fully saturated rings. The summed E-state index contributed by atoms with van der Waals surface area (Å²) in [6, 6.07) is 0.920. The molecule has 1 saturated heterocycles. The number of aliphatic hydroxyl groups is 2. The molecule has 2 rings (SSSR count). The second kappa shape index (κ2) is 14.1. The van der Waals surface area contributed by atoms with Gasteiger partial charge < -0.3 is 34.5 Å². The van der Waals surface area contributed by atoms with Crippen molar-refractivity contribution in [3.8, 4) is 0 Å². The molecule has 0 amide bonds. The van der Waals surface area contributed by atoms with Gasteiger partial charge in [-0.05, 0) is 0 Å². The van der Waals surface area contributed by atoms with Gasteiger partial charge in [-0.2, -0.15) is 8.62 Å². The smallest absolute Gasteiger partial charge is 0.387 e. The molecule has 0 bridgehead atoms. The van der Waals surface area contributed by atoms with E-state index in [1.165, 1.54) is 0 Å². The number of aromatic amines is 1. The molecule has 1 aromatic heterocycles. The molecule has 1 aliphatic heterocycles. The van der Waals surface area contributed by atoms with Gasteiger partial charge >= 0.3 is 29.2 Å². The van der Waals surface area contributed by atoms with Crippen LogP contribution in [0.1, 0.15) is 6.23 Å². The number of aromatic nitrogens is 2. The summed E-state index contributed by atoms with van der Waals surface area (Å²) < 4.78 is 50.6. The van der Waals surface area contributed by atoms with Crippen molar-refractivity contribution in [2.45, 2.75) is 24.5 Å². The van der Waals surface area contributed by atoms with Crippen LogP contribution in [-0.4, -0.2) is 153 Å². The molecule has 2 heterocycles. The zero-order chi connectivity index (χ0) is 22.2. The third-order valence-corrected chi connectivity index (χ3v) is 7.08. The van der Waals surface area contributed by atoms with Crippen molar-refractivity contribution in [2.75, 3.05) is 6.61 Å². The molecule has 6 atom stereocenters. The van der Waals surface area contributed by atoms with Gasteiger partial charge in [-0.25, -0.2) is 18.5 Å². The van der Waals surface area contributed by atoms with Crippen LogP contribution in [0.2, 0.25) is 0 Å². The summed E-state index contributed by atoms with van der Waals surface area (Å²) in [7, 11) is -16.8. The van der Waals surface area contributed by atoms with E-state index in [2.05, 4.69) is 13.1 Å². The molecule has 1 aliphatic rings. The summed E-state index contributed by atoms with van der Waals surface area (Å²) in [6.45, 7) is -1.05. The molecular formula is C9H15N2Na3O15P3. The predicted molar refractivity (Wildman–Crippen MR) is 104 cm³/mol. The third kappa shape index (κ3) is 10.9. The average molecular weight is 553 g/mol. The number of phosphoric acid groups is 3. The minimum Gasteiger partial charge on any atom is -0.387 e. The standard InChI is InChI=1S/C9H15N2O15P3.3Na/c12-5-1-2-11(9(15)10-5)8-7(14)6(13)4(24-8)3-23-28(19,20)26-29(21,22)25-27(16,17)18;;;/h1-2,4,6-8,13-14H,3H2,(H,19,20)(H,21,22)(H,10,12,15)(H2,16,17,18);;;/t4-,6-,7-,8-;;;/m1.../s1. The molecule has 0 aliphatic carbocycles. The second-order valence-electron chi connectivity index (χ2n) is 5.45. The number of H-pyrrole nitrogens is 1. The Hall–Kier alpha value is 1.97. The van der Waals surface area contributed by atoms with Crippen molar-refractivity contribution in [1.82, 2.24) is 9.55 Å². The van der Waals surface area contributed by atoms with Crippen molar-refractivity contribution < 1.29 is 61.4 Å². The molecule has 0 aromatic carbocycles. The van der Waals surface area contributed by atoms with Crippen molar-refractivity contribution >= 4 is 112 Å². The average Bonchev–Trinajstić information content (AvgIpc) is 2.78. The number of nitrogens with one attached hydrogen (secondary N) is 1. The van der Waals surface area contributed by atoms with E-state index in [4.69, 9.17) is 19.4 Å². The molecule has 17 nitrogen and oxygen atoms in total. The van der Waals surface area contributed by atoms with E-state index in [9.17, 15) is 38.4 Å². The van der Waals surface area contributed by atoms with E-state index in [1.807, 2.05) is 4.98 Å². The molecule has 32 heavy (non-hydrogen) atoms. The fourth-order valence-corrected chi connectivity index (χ4v) is 5.23. The molecule has 23 heteroatoms. The van der Waals surface area contributed by atoms with Gasteiger partial charge in [0.25, 0.3) is 5.56 Å². The van der Waals surface area contributed by atoms with Crippen molar-refractivity contribution in [2.24, 2.45) is 0 Å². The van der Waals surface area contributed by atoms with Crippen molar-refractivity contribution in [3.05, 3.63) is 33.1 Å². The third-order valence-electron chi connectivity index (χ3n) is 3.28. The van der Waals surface area contributed by atoms with Crippen LogP contribution < -0.4 is 11.2 Å². The maximum Gasteiger partial charge on any atom is 0.490 e. The number of nitrogens with zero attached hydrogens (tertiary/aromatic N) is 1. The van der Waals surface area contributed by atoms with Crippen LogP contribution in [0.5, 0.6) is 0 Å². The summed E-state index contributed by atoms with van der Waals surface area (Å²) in [5, 5.41) is 19.9. The van der Waals surface area contributed by atoms with E-state index < -0.39 is 65.9 Å². The number of phosphoric ester groups is 1. The Morgan fingerprint density at radius 2 is 1.53 bits per heavy atom. The normalized spacial score (nSPS) is 26.6. The van der Waals surface area contributed by atoms with E-state index in [1.54, 1.807) is 0 Å². The summed E-state index contributed by atoms with van der Waals surface area (Å²) in [6.07, 6.45) is -5.70. The number of ether oxygens (including phenoxy) is 1. The number of hydrogen-bond acceptors (Lipinski definition) is 11. The number of hydrogen-bond donors (Lipinski definition) is 7. The van der Waals surface area contributed by atoms with E-state index >= 15 is 0 Å². The molecule has 169 valence electrons. The van der Waals surface area contributed by atoms with E-state index in [-0.39, 0.29) is 88.7 Å². The Morgan fingerprint density at radius 1 is 0.969 bits per heavy atom. The Labute approximate surface area is 244 Å². The van der Waals surface area contributed by atoms with Gasteiger partial charge in [0.1, 0.15) is 18.3 Å². The molecule has 2 unspecified atom stereocenters. The summed E-state index contributed by atoms with van der Waals surface area (Å²) in [4.78, 5) is 59.9. The minimum atomic E-state index is -5.73. The topological polar surface area (TPSA) is 264 Å². The van der Waals surface area contributed by atoms with Gasteiger partial charge in [0.2, 0.25) is 0 Å². The van der Waals surface area contributed by atoms with Crippen LogP contribution in [0.15, 0.2) is 21.9 Å². The Bertz CT molecular complexity index is 1010. The monoisotopic (exact) mass is 553 g/mol. The summed E-state index contributed by atoms with van der Waals surface area (Å²) >= 11 is 0. The summed E-state index contributed by atoms with van der Waals surface area (Å²) in [5.74, 6) is 0. The molecule has 0 spiro atoms. The van der Waals surface area contributed by atoms with Gasteiger partial charge in [-0.15, -0.1) is 0 Å². The maximum absolute atomic E-state index is 11.7. The van der Waals surface area contributed by atoms with Crippen LogP contribution in [-0.2, 0) is 31.6 Å². The maximum atomic E-state index is 11.7. The van der Waals surface area contributed by atoms with Gasteiger partial charge in [0.05, 0.1) is 6.61 Å². The zero-order valence-electron chi connectivity index (χ0n) is 16.8. The molecule has 3 radical (unpaired) electrons. The van der Waals surface area contributed by atoms with Crippen molar-refractivity contribution in [1.29, 1.82) is 0 Å². The van der Waals surface area contributed by atoms with Crippen molar-refractivity contribution in [3.63, 3.8) is 0 Å². The van der Waals surface area contributed by atoms with Crippen LogP contribution in [0, 0.1) is 0 Å². The summed E-state index contributed by atoms with van der Waals surface area (Å²) in [5.41, 5.74) is -1.74. The number of rotatable bonds is 8. The fraction of sp³-hybridized carbons (Fsp3) is 0.556. The largest absolute Gasteiger partial charge is 0.490 e. The van der Waals surface area contributed by atoms with Crippen LogP contribution in [0.3, 0.4) is 0 Å². The first kappa shape index (κ1) is 36.1. The van der Waals surface area contributed by atoms with Crippen LogP contribution >= 0.6 is 23.5 Å². The molecular weight excluding hydrogens is 538 g/mol. The van der Waals surface area contributed by atoms with Gasteiger partial charge in [-0.3, -0.25) is 18.9 Å². The first-order valence-corrected chi connectivity index (χ1v) is 11.7. The van der Waals surface area contributed by atoms with Gasteiger partial charge in [0.15, 0.2) is 6.23 Å². The van der Waals surface area contributed by atoms with E-state index in [0.717, 1.165) is 12.3 Å². The second-order valence-corrected chi connectivity index (χ2v) is 9.87. The first-order valence-electron chi connectivity index (χ1n) is 7.22. The molecule has 1 aromatic rings. The van der Waals surface area contributed by atoms with Crippen LogP contribution in [0.4, 0.5) is 0 Å². The first-order chi connectivity index (χ1) is 13.1. The molecule has 7 N–H and O–H groups in total. The Balaban J connectivity index is 0. The Morgan fingerprint density at radius 3 is 2.03 bits per heavy atom. The molecule has 0 saturated carbocycles. The van der Waals surface area contributed by atoms with Gasteiger partial charge in [0, 0.05) is 101 Å². The number of aliphatic hydroxyl groups excluding tert-OH is 2. The zero-order valence-corrected chi connectivity index (χ0v) is 25.5. The fourth-order valence-electron chi connectivity index (χ4n) is 2.20. The minimum absolute atomic E-state index is 0. The van der Waals surface area contributed by atoms with E-state index in [0.29, 0.717) is 4.57 Å². The SMILES string of the molecule is O=c1ccn([C@@H]2O[C@H](COP(=O)(O)OP(=O)(O)OP(=O)(O)O)[C@@H](O)[C@H]2O)c(=O)[nH]1.[Na].[Na].[Na]. The Kier molecular flexibility index (Phi) is 15.9.